The second-order valence-corrected chi connectivity index (χ2v) is 19.1. The van der Waals surface area contributed by atoms with Gasteiger partial charge in [0.2, 0.25) is 53.2 Å². The number of H-pyrrole nitrogens is 1. The molecule has 1 heterocycles. The molecule has 27 heteroatoms. The molecule has 0 spiro atoms. The van der Waals surface area contributed by atoms with E-state index in [1.165, 1.54) is 26.4 Å². The van der Waals surface area contributed by atoms with Crippen LogP contribution in [0.5, 0.6) is 0 Å². The number of aliphatic hydroxyl groups excluding tert-OH is 2. The predicted octanol–water partition coefficient (Wildman–Crippen LogP) is -3.85. The molecule has 27 nitrogen and oxygen atoms in total. The Morgan fingerprint density at radius 1 is 0.528 bits per heavy atom. The second-order valence-electron chi connectivity index (χ2n) is 19.1. The van der Waals surface area contributed by atoms with E-state index in [-0.39, 0.29) is 43.4 Å². The van der Waals surface area contributed by atoms with Crippen LogP contribution in [-0.2, 0) is 59.2 Å². The average Bonchev–Trinajstić information content (AvgIpc) is 3.80. The van der Waals surface area contributed by atoms with E-state index in [0.29, 0.717) is 5.69 Å². The van der Waals surface area contributed by atoms with E-state index in [0.717, 1.165) is 0 Å². The van der Waals surface area contributed by atoms with E-state index in [4.69, 9.17) is 11.5 Å². The van der Waals surface area contributed by atoms with Crippen molar-refractivity contribution in [3.8, 4) is 0 Å². The van der Waals surface area contributed by atoms with Crippen LogP contribution in [0.2, 0.25) is 0 Å². The fraction of sp³-hybridized carbons (Fsp3) is 0.689. The zero-order valence-electron chi connectivity index (χ0n) is 42.1. The summed E-state index contributed by atoms with van der Waals surface area (Å²) in [7, 11) is 0. The number of carbonyl (C=O) groups excluding carboxylic acids is 9. The smallest absolute Gasteiger partial charge is 0.326 e. The predicted molar refractivity (Wildman–Crippen MR) is 256 cm³/mol. The summed E-state index contributed by atoms with van der Waals surface area (Å²) in [4.78, 5) is 151. The summed E-state index contributed by atoms with van der Waals surface area (Å²) < 4.78 is 0. The SMILES string of the molecule is CC(C)C[C@H](NC(=O)[C@H](CCC(N)=O)NC(=O)[C@H](CCC(=O)O)NC(=O)[C@@H](NC(=O)[C@H](Cc1cnc[nH]1)NC(=O)[C@H](CO)NC(=O)[C@H](CC(C)C)NC(=O)[C@H](CC(C)C)NC(=O)[C@@H](N)CO)C(C)C)C(=O)O. The van der Waals surface area contributed by atoms with E-state index in [1.807, 2.05) is 0 Å². The molecule has 0 aliphatic carbocycles. The van der Waals surface area contributed by atoms with Gasteiger partial charge in [0.25, 0.3) is 0 Å². The number of nitrogens with zero attached hydrogens (tertiary/aromatic N) is 1. The van der Waals surface area contributed by atoms with Gasteiger partial charge in [-0.05, 0) is 55.8 Å². The molecular formula is C45H76N12O15. The Kier molecular flexibility index (Phi) is 27.7. The lowest BCUT2D eigenvalue weighted by atomic mass is 9.99. The maximum absolute atomic E-state index is 14.1. The van der Waals surface area contributed by atoms with Crippen LogP contribution in [0.1, 0.15) is 106 Å². The van der Waals surface area contributed by atoms with Crippen molar-refractivity contribution in [3.63, 3.8) is 0 Å². The first kappa shape index (κ1) is 63.3. The summed E-state index contributed by atoms with van der Waals surface area (Å²) in [6, 6.07) is -13.2. The van der Waals surface area contributed by atoms with Gasteiger partial charge in [-0.3, -0.25) is 47.9 Å². The van der Waals surface area contributed by atoms with Gasteiger partial charge in [0.05, 0.1) is 19.5 Å². The Morgan fingerprint density at radius 3 is 1.36 bits per heavy atom. The number of hydrogen-bond donors (Lipinski definition) is 15. The number of carbonyl (C=O) groups is 11. The molecule has 17 N–H and O–H groups in total. The molecule has 72 heavy (non-hydrogen) atoms. The van der Waals surface area contributed by atoms with Crippen LogP contribution < -0.4 is 54.0 Å². The highest BCUT2D eigenvalue weighted by molar-refractivity contribution is 5.98. The van der Waals surface area contributed by atoms with Crippen LogP contribution in [0.3, 0.4) is 0 Å². The number of hydrogen-bond acceptors (Lipinski definition) is 15. The quantitative estimate of drug-likeness (QED) is 0.0314. The minimum atomic E-state index is -1.72. The Balaban J connectivity index is 3.45. The van der Waals surface area contributed by atoms with Crippen LogP contribution >= 0.6 is 0 Å². The van der Waals surface area contributed by atoms with E-state index in [9.17, 15) is 73.2 Å². The summed E-state index contributed by atoms with van der Waals surface area (Å²) in [5.41, 5.74) is 11.2. The van der Waals surface area contributed by atoms with Crippen molar-refractivity contribution < 1.29 is 73.2 Å². The van der Waals surface area contributed by atoms with Crippen LogP contribution in [0.4, 0.5) is 0 Å². The van der Waals surface area contributed by atoms with Gasteiger partial charge < -0.3 is 79.4 Å². The molecule has 0 saturated heterocycles. The molecule has 0 unspecified atom stereocenters. The standard InChI is InChI=1S/C45H76N12O15/c1-21(2)13-29(52-37(63)26(46)18-58)40(66)53-30(14-22(3)4)41(67)56-33(19-59)43(69)54-31(16-25-17-48-20-49-25)42(68)57-36(24(7)8)44(70)51-28(10-12-35(61)62)38(64)50-27(9-11-34(47)60)39(65)55-32(45(71)72)15-23(5)6/h17,20-24,26-33,36,58-59H,9-16,18-19,46H2,1-8H3,(H2,47,60)(H,48,49)(H,50,64)(H,51,70)(H,52,63)(H,53,66)(H,54,69)(H,55,65)(H,56,67)(H,57,68)(H,61,62)(H,71,72)/t26-,27-,28-,29-,30-,31-,32-,33-,36-/m0/s1. The van der Waals surface area contributed by atoms with Crippen molar-refractivity contribution >= 4 is 65.1 Å². The maximum Gasteiger partial charge on any atom is 0.326 e. The number of aliphatic hydroxyl groups is 2. The number of nitrogens with one attached hydrogen (secondary N) is 9. The zero-order valence-corrected chi connectivity index (χ0v) is 42.1. The molecule has 0 bridgehead atoms. The van der Waals surface area contributed by atoms with Crippen LogP contribution in [-0.4, -0.2) is 163 Å². The van der Waals surface area contributed by atoms with Gasteiger partial charge >= 0.3 is 11.9 Å². The van der Waals surface area contributed by atoms with Gasteiger partial charge in [-0.1, -0.05) is 55.4 Å². The number of primary amides is 1. The molecule has 1 rings (SSSR count). The summed E-state index contributed by atoms with van der Waals surface area (Å²) in [6.45, 7) is 11.9. The molecule has 0 radical (unpaired) electrons. The fourth-order valence-electron chi connectivity index (χ4n) is 6.98. The van der Waals surface area contributed by atoms with Crippen LogP contribution in [0.25, 0.3) is 0 Å². The van der Waals surface area contributed by atoms with Crippen molar-refractivity contribution in [1.29, 1.82) is 0 Å². The summed E-state index contributed by atoms with van der Waals surface area (Å²) in [5.74, 6) is -12.5. The molecule has 406 valence electrons. The van der Waals surface area contributed by atoms with Gasteiger partial charge in [-0.2, -0.15) is 0 Å². The van der Waals surface area contributed by atoms with E-state index < -0.39 is 164 Å². The molecule has 0 saturated carbocycles. The molecule has 0 fully saturated rings. The average molecular weight is 1030 g/mol. The van der Waals surface area contributed by atoms with Crippen molar-refractivity contribution in [3.05, 3.63) is 18.2 Å². The Labute approximate surface area is 417 Å². The summed E-state index contributed by atoms with van der Waals surface area (Å²) >= 11 is 0. The van der Waals surface area contributed by atoms with Crippen molar-refractivity contribution in [1.82, 2.24) is 52.5 Å². The molecule has 0 aliphatic heterocycles. The Bertz CT molecular complexity index is 2000. The molecule has 1 aromatic rings. The molecular weight excluding hydrogens is 949 g/mol. The summed E-state index contributed by atoms with van der Waals surface area (Å²) in [6.07, 6.45) is 0.472. The van der Waals surface area contributed by atoms with Gasteiger partial charge in [0, 0.05) is 31.2 Å². The number of aliphatic carboxylic acids is 2. The highest BCUT2D eigenvalue weighted by atomic mass is 16.4. The molecule has 0 aliphatic rings. The second kappa shape index (κ2) is 31.6. The first-order valence-corrected chi connectivity index (χ1v) is 23.7. The number of aromatic amines is 1. The van der Waals surface area contributed by atoms with E-state index in [2.05, 4.69) is 52.5 Å². The molecule has 0 aromatic carbocycles. The summed E-state index contributed by atoms with van der Waals surface area (Å²) in [5, 5.41) is 58.3. The number of amides is 9. The lowest BCUT2D eigenvalue weighted by Gasteiger charge is -2.29. The first-order valence-electron chi connectivity index (χ1n) is 23.7. The zero-order chi connectivity index (χ0) is 55.0. The lowest BCUT2D eigenvalue weighted by molar-refractivity contribution is -0.143. The lowest BCUT2D eigenvalue weighted by Crippen LogP contribution is -2.62. The van der Waals surface area contributed by atoms with Crippen LogP contribution in [0, 0.1) is 23.7 Å². The minimum absolute atomic E-state index is 0.00972. The largest absolute Gasteiger partial charge is 0.481 e. The van der Waals surface area contributed by atoms with Crippen molar-refractivity contribution in [2.24, 2.45) is 35.1 Å². The minimum Gasteiger partial charge on any atom is -0.481 e. The Morgan fingerprint density at radius 2 is 0.931 bits per heavy atom. The molecule has 1 aromatic heterocycles. The third kappa shape index (κ3) is 23.4. The fourth-order valence-corrected chi connectivity index (χ4v) is 6.98. The van der Waals surface area contributed by atoms with Crippen LogP contribution in [0.15, 0.2) is 12.5 Å². The Hall–Kier alpha value is -6.74. The van der Waals surface area contributed by atoms with E-state index in [1.54, 1.807) is 41.5 Å². The van der Waals surface area contributed by atoms with Crippen molar-refractivity contribution in [2.45, 2.75) is 161 Å². The normalized spacial score (nSPS) is 15.1. The highest BCUT2D eigenvalue weighted by Gasteiger charge is 2.36. The third-order valence-corrected chi connectivity index (χ3v) is 10.8. The number of carboxylic acids is 2. The number of imidazole rings is 1. The molecule has 9 atom stereocenters. The van der Waals surface area contributed by atoms with Gasteiger partial charge in [0.1, 0.15) is 54.4 Å². The number of nitrogens with two attached hydrogens (primary N) is 2. The number of aromatic nitrogens is 2. The monoisotopic (exact) mass is 1020 g/mol. The van der Waals surface area contributed by atoms with Gasteiger partial charge in [0.15, 0.2) is 0 Å². The number of rotatable bonds is 34. The maximum atomic E-state index is 14.1. The van der Waals surface area contributed by atoms with Gasteiger partial charge in [-0.25, -0.2) is 9.78 Å². The topological polar surface area (TPSA) is 446 Å². The number of carboxylic acid groups (broad SMARTS) is 2. The van der Waals surface area contributed by atoms with E-state index >= 15 is 0 Å². The first-order chi connectivity index (χ1) is 33.6. The van der Waals surface area contributed by atoms with Crippen molar-refractivity contribution in [2.75, 3.05) is 13.2 Å². The highest BCUT2D eigenvalue weighted by Crippen LogP contribution is 2.13. The molecule has 9 amide bonds. The third-order valence-electron chi connectivity index (χ3n) is 10.8. The van der Waals surface area contributed by atoms with Gasteiger partial charge in [-0.15, -0.1) is 0 Å².